The maximum Gasteiger partial charge on any atom is 0.224 e. The van der Waals surface area contributed by atoms with Crippen molar-refractivity contribution in [1.82, 2.24) is 0 Å². The van der Waals surface area contributed by atoms with E-state index in [2.05, 4.69) is 19.2 Å². The third-order valence-corrected chi connectivity index (χ3v) is 4.30. The Hall–Kier alpha value is -1.42. The highest BCUT2D eigenvalue weighted by atomic mass is 19.1. The molecule has 1 aliphatic heterocycles. The number of anilines is 1. The Morgan fingerprint density at radius 2 is 1.90 bits per heavy atom. The molecule has 0 radical (unpaired) electrons. The van der Waals surface area contributed by atoms with Crippen molar-refractivity contribution in [3.8, 4) is 0 Å². The monoisotopic (exact) mass is 292 g/mol. The molecule has 1 aliphatic rings. The van der Waals surface area contributed by atoms with Gasteiger partial charge in [-0.1, -0.05) is 26.7 Å². The van der Waals surface area contributed by atoms with Crippen LogP contribution in [0.3, 0.4) is 0 Å². The van der Waals surface area contributed by atoms with Gasteiger partial charge in [0.05, 0.1) is 0 Å². The van der Waals surface area contributed by atoms with E-state index in [0.717, 1.165) is 31.2 Å². The predicted molar refractivity (Wildman–Crippen MR) is 83.6 cm³/mol. The summed E-state index contributed by atoms with van der Waals surface area (Å²) in [7, 11) is 0. The molecule has 116 valence electrons. The zero-order chi connectivity index (χ0) is 15.4. The fourth-order valence-corrected chi connectivity index (χ4v) is 3.18. The summed E-state index contributed by atoms with van der Waals surface area (Å²) in [6, 6.07) is 3.01. The number of nitrogens with one attached hydrogen (secondary N) is 1. The molecule has 0 bridgehead atoms. The minimum absolute atomic E-state index is 0.0474. The molecule has 1 aromatic rings. The van der Waals surface area contributed by atoms with Crippen molar-refractivity contribution in [1.29, 1.82) is 0 Å². The molecule has 2 rings (SSSR count). The molecule has 3 N–H and O–H groups in total. The SMILES string of the molecule is CCCC(CCC)C(N)c1cc2c(cc1F)NC(=O)CC2. The Kier molecular flexibility index (Phi) is 5.34. The highest BCUT2D eigenvalue weighted by Crippen LogP contribution is 2.33. The molecule has 0 aromatic heterocycles. The lowest BCUT2D eigenvalue weighted by Crippen LogP contribution is -2.24. The van der Waals surface area contributed by atoms with Gasteiger partial charge < -0.3 is 11.1 Å². The summed E-state index contributed by atoms with van der Waals surface area (Å²) in [6.45, 7) is 4.27. The van der Waals surface area contributed by atoms with Gasteiger partial charge in [-0.25, -0.2) is 4.39 Å². The van der Waals surface area contributed by atoms with Crippen LogP contribution >= 0.6 is 0 Å². The van der Waals surface area contributed by atoms with E-state index in [9.17, 15) is 9.18 Å². The first-order chi connectivity index (χ1) is 10.1. The average molecular weight is 292 g/mol. The van der Waals surface area contributed by atoms with Gasteiger partial charge in [0.2, 0.25) is 5.91 Å². The Bertz CT molecular complexity index is 510. The summed E-state index contributed by atoms with van der Waals surface area (Å²) in [4.78, 5) is 11.4. The zero-order valence-corrected chi connectivity index (χ0v) is 12.9. The lowest BCUT2D eigenvalue weighted by Gasteiger charge is -2.26. The standard InChI is InChI=1S/C17H25FN2O/c1-3-5-11(6-4-2)17(19)13-9-12-7-8-16(21)20-15(12)10-14(13)18/h9-11,17H,3-8,19H2,1-2H3,(H,20,21). The van der Waals surface area contributed by atoms with Crippen LogP contribution in [0.25, 0.3) is 0 Å². The smallest absolute Gasteiger partial charge is 0.224 e. The van der Waals surface area contributed by atoms with E-state index in [4.69, 9.17) is 5.73 Å². The van der Waals surface area contributed by atoms with Gasteiger partial charge in [0, 0.05) is 23.7 Å². The first kappa shape index (κ1) is 16.0. The van der Waals surface area contributed by atoms with Crippen molar-refractivity contribution in [2.45, 2.75) is 58.4 Å². The maximum absolute atomic E-state index is 14.4. The van der Waals surface area contributed by atoms with Crippen LogP contribution in [0.15, 0.2) is 12.1 Å². The number of carbonyl (C=O) groups is 1. The van der Waals surface area contributed by atoms with Crippen LogP contribution in [0.2, 0.25) is 0 Å². The molecule has 0 saturated heterocycles. The van der Waals surface area contributed by atoms with Gasteiger partial charge in [0.25, 0.3) is 0 Å². The number of nitrogens with two attached hydrogens (primary N) is 1. The van der Waals surface area contributed by atoms with Crippen LogP contribution < -0.4 is 11.1 Å². The Morgan fingerprint density at radius 3 is 2.52 bits per heavy atom. The number of rotatable bonds is 6. The van der Waals surface area contributed by atoms with Crippen LogP contribution in [-0.4, -0.2) is 5.91 Å². The normalized spacial score (nSPS) is 15.8. The second kappa shape index (κ2) is 7.03. The van der Waals surface area contributed by atoms with E-state index in [1.807, 2.05) is 6.07 Å². The minimum atomic E-state index is -0.305. The molecule has 1 heterocycles. The van der Waals surface area contributed by atoms with Crippen molar-refractivity contribution >= 4 is 11.6 Å². The topological polar surface area (TPSA) is 55.1 Å². The van der Waals surface area contributed by atoms with Gasteiger partial charge >= 0.3 is 0 Å². The molecule has 0 spiro atoms. The molecule has 4 heteroatoms. The van der Waals surface area contributed by atoms with Crippen LogP contribution in [0, 0.1) is 11.7 Å². The second-order valence-electron chi connectivity index (χ2n) is 5.94. The number of amides is 1. The molecule has 1 unspecified atom stereocenters. The van der Waals surface area contributed by atoms with Crippen LogP contribution in [-0.2, 0) is 11.2 Å². The molecule has 0 aliphatic carbocycles. The molecule has 1 atom stereocenters. The van der Waals surface area contributed by atoms with E-state index in [1.165, 1.54) is 6.07 Å². The van der Waals surface area contributed by atoms with E-state index in [1.54, 1.807) is 0 Å². The van der Waals surface area contributed by atoms with E-state index in [0.29, 0.717) is 30.0 Å². The number of halogens is 1. The third-order valence-electron chi connectivity index (χ3n) is 4.30. The van der Waals surface area contributed by atoms with Crippen molar-refractivity contribution in [2.24, 2.45) is 11.7 Å². The highest BCUT2D eigenvalue weighted by molar-refractivity contribution is 5.93. The fourth-order valence-electron chi connectivity index (χ4n) is 3.18. The van der Waals surface area contributed by atoms with Crippen LogP contribution in [0.1, 0.15) is 63.1 Å². The number of benzene rings is 1. The molecular formula is C17H25FN2O. The Balaban J connectivity index is 2.28. The Morgan fingerprint density at radius 1 is 1.24 bits per heavy atom. The quantitative estimate of drug-likeness (QED) is 0.834. The van der Waals surface area contributed by atoms with Crippen LogP contribution in [0.4, 0.5) is 10.1 Å². The second-order valence-corrected chi connectivity index (χ2v) is 5.94. The average Bonchev–Trinajstić information content (AvgIpc) is 2.45. The first-order valence-corrected chi connectivity index (χ1v) is 7.94. The molecule has 3 nitrogen and oxygen atoms in total. The molecule has 0 saturated carbocycles. The molecule has 1 aromatic carbocycles. The van der Waals surface area contributed by atoms with Crippen molar-refractivity contribution in [3.05, 3.63) is 29.1 Å². The molecular weight excluding hydrogens is 267 g/mol. The fraction of sp³-hybridized carbons (Fsp3) is 0.588. The maximum atomic E-state index is 14.4. The van der Waals surface area contributed by atoms with Crippen molar-refractivity contribution < 1.29 is 9.18 Å². The summed E-state index contributed by atoms with van der Waals surface area (Å²) in [5, 5.41) is 2.73. The number of aryl methyl sites for hydroxylation is 1. The largest absolute Gasteiger partial charge is 0.326 e. The van der Waals surface area contributed by atoms with Crippen molar-refractivity contribution in [2.75, 3.05) is 5.32 Å². The van der Waals surface area contributed by atoms with Crippen LogP contribution in [0.5, 0.6) is 0 Å². The van der Waals surface area contributed by atoms with Gasteiger partial charge in [0.1, 0.15) is 5.82 Å². The highest BCUT2D eigenvalue weighted by Gasteiger charge is 2.24. The van der Waals surface area contributed by atoms with E-state index >= 15 is 0 Å². The minimum Gasteiger partial charge on any atom is -0.326 e. The van der Waals surface area contributed by atoms with Gasteiger partial charge in [-0.3, -0.25) is 4.79 Å². The number of fused-ring (bicyclic) bond motifs is 1. The first-order valence-electron chi connectivity index (χ1n) is 7.94. The van der Waals surface area contributed by atoms with Gasteiger partial charge in [-0.05, 0) is 42.9 Å². The zero-order valence-electron chi connectivity index (χ0n) is 12.9. The molecule has 1 amide bonds. The van der Waals surface area contributed by atoms with Gasteiger partial charge in [0.15, 0.2) is 0 Å². The summed E-state index contributed by atoms with van der Waals surface area (Å²) >= 11 is 0. The summed E-state index contributed by atoms with van der Waals surface area (Å²) in [5.74, 6) is -0.0415. The van der Waals surface area contributed by atoms with Crippen molar-refractivity contribution in [3.63, 3.8) is 0 Å². The predicted octanol–water partition coefficient (Wildman–Crippen LogP) is 3.93. The Labute approximate surface area is 126 Å². The molecule has 21 heavy (non-hydrogen) atoms. The summed E-state index contributed by atoms with van der Waals surface area (Å²) in [5.41, 5.74) is 8.53. The van der Waals surface area contributed by atoms with Gasteiger partial charge in [-0.15, -0.1) is 0 Å². The lowest BCUT2D eigenvalue weighted by atomic mass is 9.85. The van der Waals surface area contributed by atoms with Gasteiger partial charge in [-0.2, -0.15) is 0 Å². The number of hydrogen-bond donors (Lipinski definition) is 2. The lowest BCUT2D eigenvalue weighted by molar-refractivity contribution is -0.116. The number of hydrogen-bond acceptors (Lipinski definition) is 2. The summed E-state index contributed by atoms with van der Waals surface area (Å²) < 4.78 is 14.4. The molecule has 0 fully saturated rings. The third kappa shape index (κ3) is 3.62. The van der Waals surface area contributed by atoms with E-state index < -0.39 is 0 Å². The van der Waals surface area contributed by atoms with E-state index in [-0.39, 0.29) is 17.8 Å². The summed E-state index contributed by atoms with van der Waals surface area (Å²) in [6.07, 6.45) is 5.26. The number of carbonyl (C=O) groups excluding carboxylic acids is 1.